The lowest BCUT2D eigenvalue weighted by molar-refractivity contribution is -0.122. The number of ether oxygens (including phenoxy) is 1. The predicted octanol–water partition coefficient (Wildman–Crippen LogP) is -0.513. The van der Waals surface area contributed by atoms with Crippen molar-refractivity contribution >= 4 is 15.9 Å². The Balaban J connectivity index is 2.44. The number of carbonyl (C=O) groups is 1. The minimum absolute atomic E-state index is 0.0155. The largest absolute Gasteiger partial charge is 0.370 e. The Hall–Kier alpha value is -1.48. The van der Waals surface area contributed by atoms with Crippen LogP contribution in [0.25, 0.3) is 0 Å². The van der Waals surface area contributed by atoms with Gasteiger partial charge < -0.3 is 15.8 Å². The molecular weight excluding hydrogens is 282 g/mol. The van der Waals surface area contributed by atoms with Gasteiger partial charge in [-0.15, -0.1) is 0 Å². The van der Waals surface area contributed by atoms with Crippen molar-refractivity contribution in [2.45, 2.75) is 17.9 Å². The van der Waals surface area contributed by atoms with Crippen LogP contribution in [0.15, 0.2) is 29.2 Å². The van der Waals surface area contributed by atoms with E-state index in [2.05, 4.69) is 5.32 Å². The average molecular weight is 301 g/mol. The van der Waals surface area contributed by atoms with Crippen molar-refractivity contribution in [3.8, 4) is 0 Å². The number of hydrogen-bond donors (Lipinski definition) is 3. The van der Waals surface area contributed by atoms with Crippen molar-refractivity contribution in [1.29, 1.82) is 0 Å². The summed E-state index contributed by atoms with van der Waals surface area (Å²) in [6.45, 7) is 2.74. The van der Waals surface area contributed by atoms with Crippen LogP contribution in [-0.4, -0.2) is 34.1 Å². The molecule has 0 spiro atoms. The molecule has 8 heteroatoms. The van der Waals surface area contributed by atoms with Gasteiger partial charge in [0.15, 0.2) is 0 Å². The summed E-state index contributed by atoms with van der Waals surface area (Å²) in [5.41, 5.74) is 5.85. The quantitative estimate of drug-likeness (QED) is 0.558. The molecule has 7 nitrogen and oxygen atoms in total. The molecule has 0 aliphatic rings. The van der Waals surface area contributed by atoms with E-state index in [-0.39, 0.29) is 17.5 Å². The maximum atomic E-state index is 11.1. The Labute approximate surface area is 118 Å². The average Bonchev–Trinajstić information content (AvgIpc) is 2.37. The molecule has 0 fully saturated rings. The van der Waals surface area contributed by atoms with Crippen LogP contribution in [0.2, 0.25) is 0 Å². The molecule has 0 saturated carbocycles. The molecule has 0 aliphatic heterocycles. The first kappa shape index (κ1) is 16.6. The minimum atomic E-state index is -3.66. The van der Waals surface area contributed by atoms with Crippen molar-refractivity contribution in [2.24, 2.45) is 10.9 Å². The van der Waals surface area contributed by atoms with Crippen LogP contribution in [0.4, 0.5) is 0 Å². The number of primary sulfonamides is 1. The van der Waals surface area contributed by atoms with Gasteiger partial charge in [0.1, 0.15) is 6.61 Å². The van der Waals surface area contributed by atoms with Crippen LogP contribution < -0.4 is 16.2 Å². The van der Waals surface area contributed by atoms with Crippen LogP contribution in [0, 0.1) is 0 Å². The standard InChI is InChI=1S/C12H19N3O4S/c1-9(15-6-7-19-8-12(13)16)10-2-4-11(5-3-10)20(14,17)18/h2-5,9,15H,6-8H2,1H3,(H2,13,16)(H2,14,17,18). The van der Waals surface area contributed by atoms with E-state index >= 15 is 0 Å². The third-order valence-corrected chi connectivity index (χ3v) is 3.58. The van der Waals surface area contributed by atoms with Gasteiger partial charge in [-0.05, 0) is 24.6 Å². The highest BCUT2D eigenvalue weighted by Gasteiger charge is 2.09. The maximum Gasteiger partial charge on any atom is 0.243 e. The summed E-state index contributed by atoms with van der Waals surface area (Å²) in [5, 5.41) is 8.20. The summed E-state index contributed by atoms with van der Waals surface area (Å²) in [6, 6.07) is 6.34. The van der Waals surface area contributed by atoms with Crippen molar-refractivity contribution in [2.75, 3.05) is 19.8 Å². The van der Waals surface area contributed by atoms with Crippen molar-refractivity contribution in [3.05, 3.63) is 29.8 Å². The molecular formula is C12H19N3O4S. The molecule has 20 heavy (non-hydrogen) atoms. The first-order valence-corrected chi connectivity index (χ1v) is 7.57. The molecule has 0 aliphatic carbocycles. The van der Waals surface area contributed by atoms with Crippen molar-refractivity contribution in [1.82, 2.24) is 5.32 Å². The zero-order chi connectivity index (χ0) is 15.2. The van der Waals surface area contributed by atoms with Gasteiger partial charge in [0.25, 0.3) is 0 Å². The molecule has 1 rings (SSSR count). The number of sulfonamides is 1. The Bertz CT molecular complexity index is 542. The van der Waals surface area contributed by atoms with E-state index in [0.29, 0.717) is 13.2 Å². The van der Waals surface area contributed by atoms with E-state index in [0.717, 1.165) is 5.56 Å². The molecule has 0 aromatic heterocycles. The van der Waals surface area contributed by atoms with Crippen molar-refractivity contribution in [3.63, 3.8) is 0 Å². The molecule has 1 amide bonds. The second kappa shape index (κ2) is 7.34. The third-order valence-electron chi connectivity index (χ3n) is 2.65. The SMILES string of the molecule is CC(NCCOCC(N)=O)c1ccc(S(N)(=O)=O)cc1. The zero-order valence-corrected chi connectivity index (χ0v) is 12.0. The molecule has 0 bridgehead atoms. The van der Waals surface area contributed by atoms with Crippen LogP contribution in [0.5, 0.6) is 0 Å². The molecule has 0 heterocycles. The molecule has 0 saturated heterocycles. The van der Waals surface area contributed by atoms with E-state index in [1.807, 2.05) is 6.92 Å². The number of hydrogen-bond acceptors (Lipinski definition) is 5. The van der Waals surface area contributed by atoms with Gasteiger partial charge in [0.05, 0.1) is 11.5 Å². The molecule has 1 unspecified atom stereocenters. The Morgan fingerprint density at radius 1 is 1.35 bits per heavy atom. The number of benzene rings is 1. The monoisotopic (exact) mass is 301 g/mol. The highest BCUT2D eigenvalue weighted by molar-refractivity contribution is 7.89. The number of amides is 1. The molecule has 1 aromatic carbocycles. The van der Waals surface area contributed by atoms with E-state index in [9.17, 15) is 13.2 Å². The van der Waals surface area contributed by atoms with Gasteiger partial charge in [-0.25, -0.2) is 13.6 Å². The Kier molecular flexibility index (Phi) is 6.08. The highest BCUT2D eigenvalue weighted by atomic mass is 32.2. The number of carbonyl (C=O) groups excluding carboxylic acids is 1. The summed E-state index contributed by atoms with van der Waals surface area (Å²) < 4.78 is 27.3. The Morgan fingerprint density at radius 3 is 2.45 bits per heavy atom. The van der Waals surface area contributed by atoms with Crippen LogP contribution in [0.1, 0.15) is 18.5 Å². The molecule has 112 valence electrons. The normalized spacial score (nSPS) is 13.1. The van der Waals surface area contributed by atoms with Gasteiger partial charge in [0, 0.05) is 12.6 Å². The van der Waals surface area contributed by atoms with E-state index < -0.39 is 15.9 Å². The lowest BCUT2D eigenvalue weighted by Crippen LogP contribution is -2.26. The van der Waals surface area contributed by atoms with Gasteiger partial charge in [0.2, 0.25) is 15.9 Å². The number of rotatable bonds is 8. The van der Waals surface area contributed by atoms with Gasteiger partial charge in [-0.1, -0.05) is 12.1 Å². The lowest BCUT2D eigenvalue weighted by atomic mass is 10.1. The van der Waals surface area contributed by atoms with E-state index in [1.165, 1.54) is 12.1 Å². The summed E-state index contributed by atoms with van der Waals surface area (Å²) >= 11 is 0. The molecule has 1 atom stereocenters. The summed E-state index contributed by atoms with van der Waals surface area (Å²) in [7, 11) is -3.66. The fraction of sp³-hybridized carbons (Fsp3) is 0.417. The van der Waals surface area contributed by atoms with Crippen LogP contribution in [-0.2, 0) is 19.6 Å². The summed E-state index contributed by atoms with van der Waals surface area (Å²) in [4.78, 5) is 10.5. The van der Waals surface area contributed by atoms with Crippen LogP contribution in [0.3, 0.4) is 0 Å². The molecule has 5 N–H and O–H groups in total. The zero-order valence-electron chi connectivity index (χ0n) is 11.2. The number of primary amides is 1. The minimum Gasteiger partial charge on any atom is -0.370 e. The second-order valence-corrected chi connectivity index (χ2v) is 5.87. The van der Waals surface area contributed by atoms with Gasteiger partial charge in [-0.2, -0.15) is 0 Å². The fourth-order valence-corrected chi connectivity index (χ4v) is 2.10. The summed E-state index contributed by atoms with van der Waals surface area (Å²) in [5.74, 6) is -0.503. The summed E-state index contributed by atoms with van der Waals surface area (Å²) in [6.07, 6.45) is 0. The highest BCUT2D eigenvalue weighted by Crippen LogP contribution is 2.15. The first-order valence-electron chi connectivity index (χ1n) is 6.03. The first-order chi connectivity index (χ1) is 9.30. The molecule has 0 radical (unpaired) electrons. The predicted molar refractivity (Wildman–Crippen MR) is 74.2 cm³/mol. The third kappa shape index (κ3) is 5.66. The Morgan fingerprint density at radius 2 is 1.95 bits per heavy atom. The van der Waals surface area contributed by atoms with Gasteiger partial charge >= 0.3 is 0 Å². The fourth-order valence-electron chi connectivity index (χ4n) is 1.58. The second-order valence-electron chi connectivity index (χ2n) is 4.31. The topological polar surface area (TPSA) is 125 Å². The van der Waals surface area contributed by atoms with Crippen LogP contribution >= 0.6 is 0 Å². The maximum absolute atomic E-state index is 11.1. The van der Waals surface area contributed by atoms with E-state index in [1.54, 1.807) is 12.1 Å². The smallest absolute Gasteiger partial charge is 0.243 e. The van der Waals surface area contributed by atoms with Gasteiger partial charge in [-0.3, -0.25) is 4.79 Å². The lowest BCUT2D eigenvalue weighted by Gasteiger charge is -2.14. The molecule has 1 aromatic rings. The van der Waals surface area contributed by atoms with Crippen molar-refractivity contribution < 1.29 is 17.9 Å². The number of nitrogens with one attached hydrogen (secondary N) is 1. The van der Waals surface area contributed by atoms with E-state index in [4.69, 9.17) is 15.6 Å². The number of nitrogens with two attached hydrogens (primary N) is 2.